The van der Waals surface area contributed by atoms with E-state index in [1.165, 1.54) is 5.41 Å². The molecule has 172 valence electrons. The molecule has 0 bridgehead atoms. The van der Waals surface area contributed by atoms with Gasteiger partial charge in [0.05, 0.1) is 11.4 Å². The summed E-state index contributed by atoms with van der Waals surface area (Å²) in [4.78, 5) is 30.2. The van der Waals surface area contributed by atoms with Gasteiger partial charge in [-0.3, -0.25) is 23.6 Å². The Kier molecular flexibility index (Phi) is 6.61. The summed E-state index contributed by atoms with van der Waals surface area (Å²) in [6, 6.07) is 18.8. The lowest BCUT2D eigenvalue weighted by Crippen LogP contribution is -2.50. The first-order valence-corrected chi connectivity index (χ1v) is 12.2. The number of benzene rings is 3. The fourth-order valence-electron chi connectivity index (χ4n) is 4.34. The van der Waals surface area contributed by atoms with Crippen LogP contribution in [0.2, 0.25) is 0 Å². The Morgan fingerprint density at radius 3 is 2.36 bits per heavy atom. The molecule has 1 fully saturated rings. The number of amides is 1. The average molecular weight is 485 g/mol. The molecule has 0 unspecified atom stereocenters. The lowest BCUT2D eigenvalue weighted by molar-refractivity contribution is 0.0624. The summed E-state index contributed by atoms with van der Waals surface area (Å²) >= 11 is 0. The molecule has 2 aliphatic rings. The number of halogens is 1. The van der Waals surface area contributed by atoms with E-state index < -0.39 is 10.6 Å². The van der Waals surface area contributed by atoms with Crippen LogP contribution in [0.5, 0.6) is 0 Å². The predicted octanol–water partition coefficient (Wildman–Crippen LogP) is 5.00. The van der Waals surface area contributed by atoms with Crippen molar-refractivity contribution < 1.29 is 18.7 Å². The molecule has 0 radical (unpaired) electrons. The highest BCUT2D eigenvalue weighted by atomic mass is 35.5. The van der Waals surface area contributed by atoms with Crippen molar-refractivity contribution >= 4 is 51.5 Å². The zero-order valence-corrected chi connectivity index (χ0v) is 19.5. The number of carbonyl (C=O) groups excluding carboxylic acids is 2. The average Bonchev–Trinajstić information content (AvgIpc) is 3.13. The van der Waals surface area contributed by atoms with Crippen molar-refractivity contribution in [2.75, 3.05) is 32.7 Å². The summed E-state index contributed by atoms with van der Waals surface area (Å²) in [5.41, 5.74) is 1.77. The van der Waals surface area contributed by atoms with Gasteiger partial charge < -0.3 is 4.90 Å². The molecule has 0 spiro atoms. The number of hydrogen-bond donors (Lipinski definition) is 2. The van der Waals surface area contributed by atoms with Crippen LogP contribution in [0.25, 0.3) is 16.8 Å². The number of nitrogens with zero attached hydrogens (tertiary/aromatic N) is 2. The second-order valence-corrected chi connectivity index (χ2v) is 10.1. The van der Waals surface area contributed by atoms with Gasteiger partial charge in [0.2, 0.25) is 0 Å². The molecule has 3 aromatic carbocycles. The Bertz CT molecular complexity index is 1250. The molecule has 6 nitrogen and oxygen atoms in total. The molecule has 33 heavy (non-hydrogen) atoms. The van der Waals surface area contributed by atoms with Crippen molar-refractivity contribution in [1.29, 1.82) is 0 Å². The first-order valence-electron chi connectivity index (χ1n) is 10.6. The standard InChI is InChI=1S/C25H24N2O4S.ClH/c28-23(20-9-8-18-4-1-2-5-19(18)16-20)17-26-11-13-27(14-12-26)25(29)22-6-3-7-24-21(22)10-15-32(24,30)31;/h1-10,15-16,30-31H,11-14,17H2;1H. The fourth-order valence-corrected chi connectivity index (χ4v) is 5.59. The number of piperazine rings is 1. The van der Waals surface area contributed by atoms with E-state index in [2.05, 4.69) is 4.90 Å². The summed E-state index contributed by atoms with van der Waals surface area (Å²) in [5.74, 6) is -0.0455. The zero-order chi connectivity index (χ0) is 22.3. The van der Waals surface area contributed by atoms with Crippen LogP contribution in [-0.4, -0.2) is 63.3 Å². The fraction of sp³-hybridized carbons (Fsp3) is 0.200. The number of fused-ring (bicyclic) bond motifs is 2. The van der Waals surface area contributed by atoms with Crippen LogP contribution in [0.4, 0.5) is 0 Å². The minimum atomic E-state index is -2.95. The quantitative estimate of drug-likeness (QED) is 0.509. The van der Waals surface area contributed by atoms with Gasteiger partial charge in [-0.25, -0.2) is 0 Å². The molecule has 8 heteroatoms. The zero-order valence-electron chi connectivity index (χ0n) is 17.9. The lowest BCUT2D eigenvalue weighted by Gasteiger charge is -2.34. The Labute approximate surface area is 200 Å². The number of ketones is 1. The SMILES string of the molecule is Cl.O=C(CN1CCN(C(=O)c2cccc3c2C=CS3(O)O)CC1)c1ccc2ccccc2c1. The van der Waals surface area contributed by atoms with Crippen LogP contribution in [0.3, 0.4) is 0 Å². The third-order valence-electron chi connectivity index (χ3n) is 6.14. The second-order valence-electron chi connectivity index (χ2n) is 8.17. The monoisotopic (exact) mass is 484 g/mol. The van der Waals surface area contributed by atoms with Crippen molar-refractivity contribution in [1.82, 2.24) is 9.80 Å². The van der Waals surface area contributed by atoms with Crippen LogP contribution < -0.4 is 0 Å². The maximum Gasteiger partial charge on any atom is 0.254 e. The van der Waals surface area contributed by atoms with E-state index >= 15 is 0 Å². The van der Waals surface area contributed by atoms with E-state index in [4.69, 9.17) is 0 Å². The molecule has 1 saturated heterocycles. The number of hydrogen-bond acceptors (Lipinski definition) is 5. The van der Waals surface area contributed by atoms with Gasteiger partial charge in [-0.15, -0.1) is 23.0 Å². The Morgan fingerprint density at radius 1 is 0.879 bits per heavy atom. The molecule has 3 aromatic rings. The van der Waals surface area contributed by atoms with E-state index in [9.17, 15) is 18.7 Å². The Balaban J connectivity index is 0.00000259. The topological polar surface area (TPSA) is 81.1 Å². The smallest absolute Gasteiger partial charge is 0.254 e. The Morgan fingerprint density at radius 2 is 1.61 bits per heavy atom. The third kappa shape index (κ3) is 4.55. The maximum absolute atomic E-state index is 13.1. The molecule has 0 aromatic heterocycles. The molecule has 0 aliphatic carbocycles. The summed E-state index contributed by atoms with van der Waals surface area (Å²) in [5, 5.41) is 3.53. The van der Waals surface area contributed by atoms with E-state index in [0.717, 1.165) is 10.8 Å². The van der Waals surface area contributed by atoms with Crippen LogP contribution >= 0.6 is 23.0 Å². The molecular weight excluding hydrogens is 460 g/mol. The van der Waals surface area contributed by atoms with Crippen molar-refractivity contribution in [3.8, 4) is 0 Å². The molecular formula is C25H25ClN2O4S. The van der Waals surface area contributed by atoms with Crippen LogP contribution in [0, 0.1) is 0 Å². The predicted molar refractivity (Wildman–Crippen MR) is 134 cm³/mol. The van der Waals surface area contributed by atoms with Gasteiger partial charge in [0.25, 0.3) is 5.91 Å². The van der Waals surface area contributed by atoms with Crippen LogP contribution in [0.15, 0.2) is 71.0 Å². The van der Waals surface area contributed by atoms with E-state index in [1.54, 1.807) is 29.2 Å². The van der Waals surface area contributed by atoms with Gasteiger partial charge in [0.1, 0.15) is 0 Å². The number of carbonyl (C=O) groups is 2. The molecule has 2 heterocycles. The highest BCUT2D eigenvalue weighted by Crippen LogP contribution is 2.56. The summed E-state index contributed by atoms with van der Waals surface area (Å²) in [7, 11) is -2.95. The van der Waals surface area contributed by atoms with E-state index in [0.29, 0.717) is 54.3 Å². The minimum Gasteiger partial charge on any atom is -0.336 e. The maximum atomic E-state index is 13.1. The molecule has 0 saturated carbocycles. The summed E-state index contributed by atoms with van der Waals surface area (Å²) < 4.78 is 20.2. The van der Waals surface area contributed by atoms with Gasteiger partial charge in [-0.05, 0) is 35.0 Å². The second kappa shape index (κ2) is 9.29. The van der Waals surface area contributed by atoms with Crippen LogP contribution in [0.1, 0.15) is 26.3 Å². The van der Waals surface area contributed by atoms with E-state index in [1.807, 2.05) is 42.5 Å². The first-order chi connectivity index (χ1) is 15.4. The van der Waals surface area contributed by atoms with Gasteiger partial charge in [0.15, 0.2) is 5.78 Å². The van der Waals surface area contributed by atoms with Gasteiger partial charge >= 0.3 is 0 Å². The van der Waals surface area contributed by atoms with Crippen LogP contribution in [-0.2, 0) is 0 Å². The van der Waals surface area contributed by atoms with E-state index in [-0.39, 0.29) is 24.1 Å². The number of rotatable bonds is 4. The molecule has 0 atom stereocenters. The van der Waals surface area contributed by atoms with Crippen molar-refractivity contribution in [3.63, 3.8) is 0 Å². The lowest BCUT2D eigenvalue weighted by atomic mass is 10.0. The van der Waals surface area contributed by atoms with Crippen molar-refractivity contribution in [3.05, 3.63) is 82.8 Å². The van der Waals surface area contributed by atoms with Gasteiger partial charge in [0, 0.05) is 48.3 Å². The normalized spacial score (nSPS) is 17.9. The highest BCUT2D eigenvalue weighted by Gasteiger charge is 2.29. The molecule has 2 aliphatic heterocycles. The van der Waals surface area contributed by atoms with Crippen molar-refractivity contribution in [2.45, 2.75) is 4.90 Å². The molecule has 5 rings (SSSR count). The third-order valence-corrected chi connectivity index (χ3v) is 7.66. The summed E-state index contributed by atoms with van der Waals surface area (Å²) in [6.07, 6.45) is 1.62. The molecule has 2 N–H and O–H groups in total. The Hall–Kier alpha value is -2.68. The highest BCUT2D eigenvalue weighted by molar-refractivity contribution is 8.27. The minimum absolute atomic E-state index is 0. The first kappa shape index (κ1) is 23.5. The summed E-state index contributed by atoms with van der Waals surface area (Å²) in [6.45, 7) is 2.60. The van der Waals surface area contributed by atoms with Gasteiger partial charge in [-0.2, -0.15) is 0 Å². The van der Waals surface area contributed by atoms with Gasteiger partial charge in [-0.1, -0.05) is 42.5 Å². The number of Topliss-reactive ketones (excluding diaryl/α,β-unsaturated/α-hetero) is 1. The van der Waals surface area contributed by atoms with Crippen molar-refractivity contribution in [2.24, 2.45) is 0 Å². The molecule has 1 amide bonds. The largest absolute Gasteiger partial charge is 0.336 e.